The van der Waals surface area contributed by atoms with Gasteiger partial charge in [-0.05, 0) is 23.3 Å². The first-order chi connectivity index (χ1) is 11.6. The summed E-state index contributed by atoms with van der Waals surface area (Å²) < 4.78 is 26.8. The van der Waals surface area contributed by atoms with Crippen molar-refractivity contribution in [3.05, 3.63) is 102 Å². The molecule has 0 unspecified atom stereocenters. The lowest BCUT2D eigenvalue weighted by atomic mass is 9.90. The van der Waals surface area contributed by atoms with Gasteiger partial charge in [-0.2, -0.15) is 0 Å². The summed E-state index contributed by atoms with van der Waals surface area (Å²) in [6, 6.07) is 21.6. The lowest BCUT2D eigenvalue weighted by Gasteiger charge is -2.18. The molecule has 0 aliphatic heterocycles. The molecule has 0 bridgehead atoms. The molecule has 0 atom stereocenters. The van der Waals surface area contributed by atoms with Gasteiger partial charge in [0.2, 0.25) is 5.91 Å². The zero-order valence-corrected chi connectivity index (χ0v) is 12.7. The predicted molar refractivity (Wildman–Crippen MR) is 89.7 cm³/mol. The molecule has 0 aromatic heterocycles. The summed E-state index contributed by atoms with van der Waals surface area (Å²) in [6.45, 7) is 0. The minimum Gasteiger partial charge on any atom is -0.323 e. The molecule has 120 valence electrons. The predicted octanol–water partition coefficient (Wildman–Crippen LogP) is 4.74. The van der Waals surface area contributed by atoms with Crippen molar-refractivity contribution in [2.75, 3.05) is 5.32 Å². The van der Waals surface area contributed by atoms with Crippen LogP contribution in [0.5, 0.6) is 0 Å². The monoisotopic (exact) mass is 323 g/mol. The normalized spacial score (nSPS) is 10.6. The number of carbonyl (C=O) groups excluding carboxylic acids is 1. The van der Waals surface area contributed by atoms with Crippen LogP contribution >= 0.6 is 0 Å². The highest BCUT2D eigenvalue weighted by molar-refractivity contribution is 5.98. The Morgan fingerprint density at radius 3 is 1.83 bits per heavy atom. The van der Waals surface area contributed by atoms with Gasteiger partial charge in [-0.3, -0.25) is 4.79 Å². The fraction of sp³-hybridized carbons (Fsp3) is 0.0500. The van der Waals surface area contributed by atoms with E-state index in [1.807, 2.05) is 60.7 Å². The van der Waals surface area contributed by atoms with Crippen molar-refractivity contribution in [2.45, 2.75) is 5.92 Å². The molecule has 2 nitrogen and oxygen atoms in total. The molecule has 0 spiro atoms. The van der Waals surface area contributed by atoms with E-state index < -0.39 is 17.6 Å². The second-order valence-electron chi connectivity index (χ2n) is 5.37. The van der Waals surface area contributed by atoms with Crippen molar-refractivity contribution in [1.82, 2.24) is 0 Å². The Morgan fingerprint density at radius 1 is 0.792 bits per heavy atom. The van der Waals surface area contributed by atoms with Crippen molar-refractivity contribution in [3.63, 3.8) is 0 Å². The average molecular weight is 323 g/mol. The maximum absolute atomic E-state index is 13.8. The number of halogens is 2. The third-order valence-corrected chi connectivity index (χ3v) is 3.72. The second kappa shape index (κ2) is 7.04. The summed E-state index contributed by atoms with van der Waals surface area (Å²) in [4.78, 5) is 12.8. The van der Waals surface area contributed by atoms with E-state index in [1.165, 1.54) is 6.07 Å². The molecular weight excluding hydrogens is 308 g/mol. The van der Waals surface area contributed by atoms with Gasteiger partial charge in [-0.15, -0.1) is 0 Å². The summed E-state index contributed by atoms with van der Waals surface area (Å²) in [7, 11) is 0. The maximum atomic E-state index is 13.8. The average Bonchev–Trinajstić information content (AvgIpc) is 2.60. The van der Waals surface area contributed by atoms with Crippen molar-refractivity contribution < 1.29 is 13.6 Å². The van der Waals surface area contributed by atoms with Crippen LogP contribution in [0.1, 0.15) is 17.0 Å². The van der Waals surface area contributed by atoms with E-state index >= 15 is 0 Å². The molecule has 1 N–H and O–H groups in total. The first-order valence-electron chi connectivity index (χ1n) is 7.51. The van der Waals surface area contributed by atoms with Crippen LogP contribution in [0.2, 0.25) is 0 Å². The van der Waals surface area contributed by atoms with Gasteiger partial charge in [0.1, 0.15) is 11.6 Å². The molecule has 0 fully saturated rings. The Morgan fingerprint density at radius 2 is 1.33 bits per heavy atom. The summed E-state index contributed by atoms with van der Waals surface area (Å²) >= 11 is 0. The van der Waals surface area contributed by atoms with Gasteiger partial charge < -0.3 is 5.32 Å². The van der Waals surface area contributed by atoms with E-state index in [0.717, 1.165) is 23.3 Å². The van der Waals surface area contributed by atoms with E-state index in [1.54, 1.807) is 0 Å². The third-order valence-electron chi connectivity index (χ3n) is 3.72. The van der Waals surface area contributed by atoms with Crippen LogP contribution in [-0.4, -0.2) is 5.91 Å². The number of nitrogens with one attached hydrogen (secondary N) is 1. The van der Waals surface area contributed by atoms with Crippen molar-refractivity contribution >= 4 is 11.6 Å². The molecule has 0 radical (unpaired) electrons. The standard InChI is InChI=1S/C20H15F2NO/c21-16-11-12-18(17(22)13-16)23-20(24)19(14-7-3-1-4-8-14)15-9-5-2-6-10-15/h1-13,19H,(H,23,24). The quantitative estimate of drug-likeness (QED) is 0.738. The number of anilines is 1. The Balaban J connectivity index is 1.95. The number of carbonyl (C=O) groups is 1. The molecule has 1 amide bonds. The maximum Gasteiger partial charge on any atom is 0.236 e. The molecule has 3 aromatic rings. The molecule has 0 saturated heterocycles. The number of hydrogen-bond acceptors (Lipinski definition) is 1. The van der Waals surface area contributed by atoms with Crippen molar-refractivity contribution in [3.8, 4) is 0 Å². The van der Waals surface area contributed by atoms with E-state index in [-0.39, 0.29) is 11.6 Å². The van der Waals surface area contributed by atoms with Gasteiger partial charge in [0, 0.05) is 6.07 Å². The van der Waals surface area contributed by atoms with Crippen molar-refractivity contribution in [2.24, 2.45) is 0 Å². The minimum atomic E-state index is -0.803. The summed E-state index contributed by atoms with van der Waals surface area (Å²) in [5.41, 5.74) is 1.55. The van der Waals surface area contributed by atoms with Crippen LogP contribution < -0.4 is 5.32 Å². The molecule has 3 aromatic carbocycles. The number of rotatable bonds is 4. The van der Waals surface area contributed by atoms with Crippen LogP contribution in [0, 0.1) is 11.6 Å². The Labute approximate surface area is 138 Å². The van der Waals surface area contributed by atoms with Gasteiger partial charge in [0.25, 0.3) is 0 Å². The lowest BCUT2D eigenvalue weighted by Crippen LogP contribution is -2.22. The molecular formula is C20H15F2NO. The largest absolute Gasteiger partial charge is 0.323 e. The first-order valence-corrected chi connectivity index (χ1v) is 7.51. The zero-order valence-electron chi connectivity index (χ0n) is 12.7. The highest BCUT2D eigenvalue weighted by atomic mass is 19.1. The fourth-order valence-corrected chi connectivity index (χ4v) is 2.58. The molecule has 3 rings (SSSR count). The van der Waals surface area contributed by atoms with Gasteiger partial charge in [-0.25, -0.2) is 8.78 Å². The number of hydrogen-bond donors (Lipinski definition) is 1. The molecule has 0 heterocycles. The Kier molecular flexibility index (Phi) is 4.66. The second-order valence-corrected chi connectivity index (χ2v) is 5.37. The van der Waals surface area contributed by atoms with E-state index in [4.69, 9.17) is 0 Å². The molecule has 24 heavy (non-hydrogen) atoms. The van der Waals surface area contributed by atoms with Crippen molar-refractivity contribution in [1.29, 1.82) is 0 Å². The van der Waals surface area contributed by atoms with Gasteiger partial charge in [0.05, 0.1) is 11.6 Å². The van der Waals surface area contributed by atoms with Crippen LogP contribution in [-0.2, 0) is 4.79 Å². The molecule has 0 aliphatic carbocycles. The SMILES string of the molecule is O=C(Nc1ccc(F)cc1F)C(c1ccccc1)c1ccccc1. The number of amides is 1. The Bertz CT molecular complexity index is 795. The van der Waals surface area contributed by atoms with E-state index in [9.17, 15) is 13.6 Å². The summed E-state index contributed by atoms with van der Waals surface area (Å²) in [5.74, 6) is -2.45. The highest BCUT2D eigenvalue weighted by Crippen LogP contribution is 2.27. The minimum absolute atomic E-state index is 0.0433. The fourth-order valence-electron chi connectivity index (χ4n) is 2.58. The van der Waals surface area contributed by atoms with Gasteiger partial charge >= 0.3 is 0 Å². The summed E-state index contributed by atoms with van der Waals surface area (Å²) in [5, 5.41) is 2.55. The highest BCUT2D eigenvalue weighted by Gasteiger charge is 2.23. The van der Waals surface area contributed by atoms with Gasteiger partial charge in [-0.1, -0.05) is 60.7 Å². The van der Waals surface area contributed by atoms with E-state index in [2.05, 4.69) is 5.32 Å². The van der Waals surface area contributed by atoms with Crippen LogP contribution in [0.15, 0.2) is 78.9 Å². The summed E-state index contributed by atoms with van der Waals surface area (Å²) in [6.07, 6.45) is 0. The number of benzene rings is 3. The van der Waals surface area contributed by atoms with Crippen LogP contribution in [0.3, 0.4) is 0 Å². The van der Waals surface area contributed by atoms with Crippen LogP contribution in [0.25, 0.3) is 0 Å². The van der Waals surface area contributed by atoms with Gasteiger partial charge in [0.15, 0.2) is 0 Å². The zero-order chi connectivity index (χ0) is 16.9. The topological polar surface area (TPSA) is 29.1 Å². The lowest BCUT2D eigenvalue weighted by molar-refractivity contribution is -0.116. The molecule has 0 aliphatic rings. The third kappa shape index (κ3) is 3.49. The Hall–Kier alpha value is -3.01. The van der Waals surface area contributed by atoms with E-state index in [0.29, 0.717) is 0 Å². The smallest absolute Gasteiger partial charge is 0.236 e. The van der Waals surface area contributed by atoms with Crippen LogP contribution in [0.4, 0.5) is 14.5 Å². The first kappa shape index (κ1) is 15.9. The molecule has 0 saturated carbocycles. The molecule has 4 heteroatoms.